The van der Waals surface area contributed by atoms with Crippen LogP contribution in [0.5, 0.6) is 5.75 Å². The third-order valence-corrected chi connectivity index (χ3v) is 2.99. The van der Waals surface area contributed by atoms with E-state index in [1.54, 1.807) is 13.3 Å². The quantitative estimate of drug-likeness (QED) is 0.813. The smallest absolute Gasteiger partial charge is 0.128 e. The lowest BCUT2D eigenvalue weighted by Crippen LogP contribution is -2.06. The zero-order valence-electron chi connectivity index (χ0n) is 10.7. The number of rotatable bonds is 3. The Labute approximate surface area is 101 Å². The highest BCUT2D eigenvalue weighted by Crippen LogP contribution is 2.24. The number of aromatic nitrogens is 3. The molecule has 0 atom stereocenters. The largest absolute Gasteiger partial charge is 0.496 e. The summed E-state index contributed by atoms with van der Waals surface area (Å²) < 4.78 is 7.47. The Bertz CT molecular complexity index is 531. The van der Waals surface area contributed by atoms with Gasteiger partial charge < -0.3 is 9.30 Å². The lowest BCUT2D eigenvalue weighted by atomic mass is 10.1. The average Bonchev–Trinajstić information content (AvgIpc) is 2.69. The maximum absolute atomic E-state index is 5.40. The fourth-order valence-electron chi connectivity index (χ4n) is 1.96. The number of ether oxygens (including phenoxy) is 1. The Kier molecular flexibility index (Phi) is 3.13. The van der Waals surface area contributed by atoms with Crippen molar-refractivity contribution in [1.82, 2.24) is 14.5 Å². The summed E-state index contributed by atoms with van der Waals surface area (Å²) in [5, 5.41) is 0. The second-order valence-electron chi connectivity index (χ2n) is 4.15. The van der Waals surface area contributed by atoms with E-state index in [0.717, 1.165) is 34.9 Å². The zero-order chi connectivity index (χ0) is 12.4. The minimum Gasteiger partial charge on any atom is -0.496 e. The molecule has 0 aliphatic heterocycles. The van der Waals surface area contributed by atoms with Gasteiger partial charge in [-0.3, -0.25) is 4.98 Å². The van der Waals surface area contributed by atoms with E-state index in [-0.39, 0.29) is 0 Å². The van der Waals surface area contributed by atoms with Crippen LogP contribution in [0.4, 0.5) is 0 Å². The molecule has 0 bridgehead atoms. The Balaban J connectivity index is 2.37. The number of pyridine rings is 1. The number of aryl methyl sites for hydroxylation is 2. The molecular weight excluding hydrogens is 214 g/mol. The Hall–Kier alpha value is -1.84. The van der Waals surface area contributed by atoms with Crippen LogP contribution in [-0.2, 0) is 6.54 Å². The molecule has 2 rings (SSSR count). The lowest BCUT2D eigenvalue weighted by Gasteiger charge is -2.13. The number of imidazole rings is 1. The van der Waals surface area contributed by atoms with Crippen molar-refractivity contribution in [3.8, 4) is 5.75 Å². The van der Waals surface area contributed by atoms with Crippen LogP contribution in [0.2, 0.25) is 0 Å². The molecule has 0 aliphatic rings. The second kappa shape index (κ2) is 4.57. The van der Waals surface area contributed by atoms with E-state index in [9.17, 15) is 0 Å². The van der Waals surface area contributed by atoms with Crippen LogP contribution in [0.25, 0.3) is 0 Å². The van der Waals surface area contributed by atoms with Crippen molar-refractivity contribution in [2.75, 3.05) is 7.11 Å². The van der Waals surface area contributed by atoms with Gasteiger partial charge in [0.05, 0.1) is 19.3 Å². The minimum absolute atomic E-state index is 0.730. The predicted octanol–water partition coefficient (Wildman–Crippen LogP) is 2.26. The van der Waals surface area contributed by atoms with Gasteiger partial charge in [-0.05, 0) is 20.8 Å². The SMILES string of the molecule is COc1c(C)cnc(Cn2ccnc2C)c1C. The van der Waals surface area contributed by atoms with Crippen molar-refractivity contribution >= 4 is 0 Å². The first-order valence-electron chi connectivity index (χ1n) is 5.60. The number of nitrogens with zero attached hydrogens (tertiary/aromatic N) is 3. The molecule has 0 fully saturated rings. The van der Waals surface area contributed by atoms with E-state index >= 15 is 0 Å². The average molecular weight is 231 g/mol. The fourth-order valence-corrected chi connectivity index (χ4v) is 1.96. The molecule has 0 saturated carbocycles. The van der Waals surface area contributed by atoms with E-state index in [1.807, 2.05) is 33.2 Å². The number of hydrogen-bond donors (Lipinski definition) is 0. The summed E-state index contributed by atoms with van der Waals surface area (Å²) in [6.07, 6.45) is 5.62. The molecule has 0 saturated heterocycles. The van der Waals surface area contributed by atoms with Crippen LogP contribution in [0.3, 0.4) is 0 Å². The van der Waals surface area contributed by atoms with E-state index in [0.29, 0.717) is 0 Å². The zero-order valence-corrected chi connectivity index (χ0v) is 10.7. The van der Waals surface area contributed by atoms with Crippen LogP contribution >= 0.6 is 0 Å². The first-order valence-corrected chi connectivity index (χ1v) is 5.60. The van der Waals surface area contributed by atoms with Gasteiger partial charge in [-0.2, -0.15) is 0 Å². The van der Waals surface area contributed by atoms with Gasteiger partial charge in [-0.1, -0.05) is 0 Å². The Morgan fingerprint density at radius 2 is 2.00 bits per heavy atom. The molecule has 90 valence electrons. The maximum Gasteiger partial charge on any atom is 0.128 e. The van der Waals surface area contributed by atoms with Crippen LogP contribution in [0, 0.1) is 20.8 Å². The standard InChI is InChI=1S/C13H17N3O/c1-9-7-15-12(10(2)13(9)17-4)8-16-6-5-14-11(16)3/h5-7H,8H2,1-4H3. The van der Waals surface area contributed by atoms with Gasteiger partial charge in [0.25, 0.3) is 0 Å². The van der Waals surface area contributed by atoms with Gasteiger partial charge in [0.15, 0.2) is 0 Å². The molecule has 4 heteroatoms. The second-order valence-corrected chi connectivity index (χ2v) is 4.15. The lowest BCUT2D eigenvalue weighted by molar-refractivity contribution is 0.406. The highest BCUT2D eigenvalue weighted by atomic mass is 16.5. The van der Waals surface area contributed by atoms with E-state index in [1.165, 1.54) is 0 Å². The molecule has 0 spiro atoms. The monoisotopic (exact) mass is 231 g/mol. The number of methoxy groups -OCH3 is 1. The molecule has 0 amide bonds. The van der Waals surface area contributed by atoms with Crippen LogP contribution < -0.4 is 4.74 Å². The predicted molar refractivity (Wildman–Crippen MR) is 66.3 cm³/mol. The molecular formula is C13H17N3O. The molecule has 0 aromatic carbocycles. The minimum atomic E-state index is 0.730. The fraction of sp³-hybridized carbons (Fsp3) is 0.385. The van der Waals surface area contributed by atoms with Crippen molar-refractivity contribution < 1.29 is 4.74 Å². The van der Waals surface area contributed by atoms with Crippen molar-refractivity contribution in [2.45, 2.75) is 27.3 Å². The summed E-state index contributed by atoms with van der Waals surface area (Å²) >= 11 is 0. The highest BCUT2D eigenvalue weighted by molar-refractivity contribution is 5.41. The van der Waals surface area contributed by atoms with Crippen molar-refractivity contribution in [3.63, 3.8) is 0 Å². The van der Waals surface area contributed by atoms with Gasteiger partial charge in [0, 0.05) is 29.7 Å². The summed E-state index contributed by atoms with van der Waals surface area (Å²) in [5.41, 5.74) is 3.19. The van der Waals surface area contributed by atoms with Crippen LogP contribution in [-0.4, -0.2) is 21.6 Å². The van der Waals surface area contributed by atoms with Crippen molar-refractivity contribution in [1.29, 1.82) is 0 Å². The first-order chi connectivity index (χ1) is 8.13. The van der Waals surface area contributed by atoms with Crippen LogP contribution in [0.1, 0.15) is 22.6 Å². The van der Waals surface area contributed by atoms with Crippen molar-refractivity contribution in [3.05, 3.63) is 41.2 Å². The van der Waals surface area contributed by atoms with Gasteiger partial charge in [-0.25, -0.2) is 4.98 Å². The Morgan fingerprint density at radius 3 is 2.59 bits per heavy atom. The highest BCUT2D eigenvalue weighted by Gasteiger charge is 2.10. The normalized spacial score (nSPS) is 10.6. The molecule has 0 unspecified atom stereocenters. The summed E-state index contributed by atoms with van der Waals surface area (Å²) in [4.78, 5) is 8.68. The van der Waals surface area contributed by atoms with Gasteiger partial charge in [0.1, 0.15) is 11.6 Å². The van der Waals surface area contributed by atoms with E-state index in [4.69, 9.17) is 4.74 Å². The molecule has 17 heavy (non-hydrogen) atoms. The third kappa shape index (κ3) is 2.16. The first kappa shape index (κ1) is 11.6. The molecule has 4 nitrogen and oxygen atoms in total. The van der Waals surface area contributed by atoms with E-state index in [2.05, 4.69) is 14.5 Å². The summed E-state index contributed by atoms with van der Waals surface area (Å²) in [5.74, 6) is 1.92. The van der Waals surface area contributed by atoms with Gasteiger partial charge in [0.2, 0.25) is 0 Å². The topological polar surface area (TPSA) is 39.9 Å². The number of hydrogen-bond acceptors (Lipinski definition) is 3. The van der Waals surface area contributed by atoms with E-state index < -0.39 is 0 Å². The molecule has 2 aromatic heterocycles. The van der Waals surface area contributed by atoms with Gasteiger partial charge >= 0.3 is 0 Å². The molecule has 2 aromatic rings. The molecule has 0 aliphatic carbocycles. The molecule has 0 N–H and O–H groups in total. The Morgan fingerprint density at radius 1 is 1.24 bits per heavy atom. The maximum atomic E-state index is 5.40. The summed E-state index contributed by atoms with van der Waals surface area (Å²) in [6.45, 7) is 6.76. The summed E-state index contributed by atoms with van der Waals surface area (Å²) in [6, 6.07) is 0. The summed E-state index contributed by atoms with van der Waals surface area (Å²) in [7, 11) is 1.70. The molecule has 2 heterocycles. The van der Waals surface area contributed by atoms with Crippen molar-refractivity contribution in [2.24, 2.45) is 0 Å². The van der Waals surface area contributed by atoms with Gasteiger partial charge in [-0.15, -0.1) is 0 Å². The third-order valence-electron chi connectivity index (χ3n) is 2.99. The van der Waals surface area contributed by atoms with Crippen LogP contribution in [0.15, 0.2) is 18.6 Å². The molecule has 0 radical (unpaired) electrons.